The van der Waals surface area contributed by atoms with Crippen LogP contribution >= 0.6 is 0 Å². The lowest BCUT2D eigenvalue weighted by Gasteiger charge is -2.16. The van der Waals surface area contributed by atoms with Crippen molar-refractivity contribution in [3.63, 3.8) is 0 Å². The predicted octanol–water partition coefficient (Wildman–Crippen LogP) is 1.98. The molecule has 0 bridgehead atoms. The molecule has 5 heteroatoms. The number of sulfonamides is 1. The highest BCUT2D eigenvalue weighted by Crippen LogP contribution is 2.18. The highest BCUT2D eigenvalue weighted by atomic mass is 32.2. The summed E-state index contributed by atoms with van der Waals surface area (Å²) in [6, 6.07) is 6.38. The van der Waals surface area contributed by atoms with Gasteiger partial charge in [-0.1, -0.05) is 26.0 Å². The smallest absolute Gasteiger partial charge is 0.242 e. The van der Waals surface area contributed by atoms with Gasteiger partial charge in [0, 0.05) is 6.04 Å². The van der Waals surface area contributed by atoms with Crippen molar-refractivity contribution in [2.45, 2.75) is 38.1 Å². The van der Waals surface area contributed by atoms with E-state index in [9.17, 15) is 8.42 Å². The van der Waals surface area contributed by atoms with Crippen LogP contribution in [0.15, 0.2) is 29.2 Å². The van der Waals surface area contributed by atoms with Crippen molar-refractivity contribution in [1.82, 2.24) is 4.72 Å². The fraction of sp³-hybridized carbons (Fsp3) is 0.500. The molecule has 0 aliphatic carbocycles. The molecule has 0 radical (unpaired) electrons. The topological polar surface area (TPSA) is 72.2 Å². The Bertz CT molecular complexity index is 469. The normalized spacial score (nSPS) is 13.9. The molecule has 0 spiro atoms. The molecule has 0 saturated heterocycles. The second-order valence-corrected chi connectivity index (χ2v) is 6.37. The minimum atomic E-state index is -3.51. The van der Waals surface area contributed by atoms with Crippen LogP contribution in [0.2, 0.25) is 0 Å². The highest BCUT2D eigenvalue weighted by molar-refractivity contribution is 7.89. The fourth-order valence-corrected chi connectivity index (χ4v) is 3.20. The van der Waals surface area contributed by atoms with Crippen LogP contribution in [0.1, 0.15) is 27.2 Å². The molecule has 0 saturated carbocycles. The summed E-state index contributed by atoms with van der Waals surface area (Å²) in [5.41, 5.74) is 5.94. The van der Waals surface area contributed by atoms with Crippen LogP contribution in [0.25, 0.3) is 0 Å². The summed E-state index contributed by atoms with van der Waals surface area (Å²) in [5.74, 6) is 0.445. The van der Waals surface area contributed by atoms with E-state index in [-0.39, 0.29) is 16.6 Å². The average Bonchev–Trinajstić information content (AvgIpc) is 2.15. The maximum Gasteiger partial charge on any atom is 0.242 e. The zero-order valence-corrected chi connectivity index (χ0v) is 11.3. The van der Waals surface area contributed by atoms with Crippen molar-refractivity contribution < 1.29 is 8.42 Å². The first-order chi connectivity index (χ1) is 7.83. The van der Waals surface area contributed by atoms with E-state index >= 15 is 0 Å². The predicted molar refractivity (Wildman–Crippen MR) is 70.1 cm³/mol. The van der Waals surface area contributed by atoms with Gasteiger partial charge in [-0.05, 0) is 31.4 Å². The van der Waals surface area contributed by atoms with Gasteiger partial charge in [0.05, 0.1) is 5.69 Å². The Kier molecular flexibility index (Phi) is 4.54. The first-order valence-corrected chi connectivity index (χ1v) is 7.18. The van der Waals surface area contributed by atoms with Gasteiger partial charge < -0.3 is 5.73 Å². The quantitative estimate of drug-likeness (QED) is 0.791. The second kappa shape index (κ2) is 5.51. The van der Waals surface area contributed by atoms with Crippen LogP contribution in [0.3, 0.4) is 0 Å². The maximum absolute atomic E-state index is 12.1. The van der Waals surface area contributed by atoms with Gasteiger partial charge in [0.2, 0.25) is 10.0 Å². The molecule has 0 fully saturated rings. The number of hydrogen-bond donors (Lipinski definition) is 2. The van der Waals surface area contributed by atoms with E-state index < -0.39 is 10.0 Å². The molecule has 0 heterocycles. The van der Waals surface area contributed by atoms with Gasteiger partial charge in [-0.3, -0.25) is 0 Å². The molecule has 0 aromatic heterocycles. The summed E-state index contributed by atoms with van der Waals surface area (Å²) in [7, 11) is -3.51. The molecule has 96 valence electrons. The summed E-state index contributed by atoms with van der Waals surface area (Å²) in [6.07, 6.45) is 0.798. The number of hydrogen-bond acceptors (Lipinski definition) is 3. The highest BCUT2D eigenvalue weighted by Gasteiger charge is 2.19. The van der Waals surface area contributed by atoms with Crippen LogP contribution in [0.4, 0.5) is 5.69 Å². The molecule has 1 aromatic rings. The number of nitrogens with two attached hydrogens (primary N) is 1. The Hall–Kier alpha value is -1.07. The fourth-order valence-electron chi connectivity index (χ4n) is 1.81. The van der Waals surface area contributed by atoms with E-state index in [1.807, 2.05) is 6.92 Å². The van der Waals surface area contributed by atoms with Crippen LogP contribution in [-0.4, -0.2) is 14.5 Å². The minimum absolute atomic E-state index is 0.0976. The van der Waals surface area contributed by atoms with Crippen molar-refractivity contribution in [2.75, 3.05) is 5.73 Å². The molecule has 1 unspecified atom stereocenters. The van der Waals surface area contributed by atoms with Crippen molar-refractivity contribution in [2.24, 2.45) is 5.92 Å². The van der Waals surface area contributed by atoms with Crippen molar-refractivity contribution >= 4 is 15.7 Å². The lowest BCUT2D eigenvalue weighted by molar-refractivity contribution is 0.482. The third-order valence-electron chi connectivity index (χ3n) is 2.39. The van der Waals surface area contributed by atoms with Crippen LogP contribution < -0.4 is 10.5 Å². The van der Waals surface area contributed by atoms with E-state index in [0.717, 1.165) is 6.42 Å². The number of nitrogens with one attached hydrogen (secondary N) is 1. The molecule has 0 aliphatic rings. The zero-order chi connectivity index (χ0) is 13.1. The Morgan fingerprint density at radius 2 is 1.82 bits per heavy atom. The maximum atomic E-state index is 12.1. The van der Waals surface area contributed by atoms with Gasteiger partial charge in [-0.2, -0.15) is 0 Å². The van der Waals surface area contributed by atoms with Crippen molar-refractivity contribution in [1.29, 1.82) is 0 Å². The van der Waals surface area contributed by atoms with Gasteiger partial charge >= 0.3 is 0 Å². The van der Waals surface area contributed by atoms with E-state index in [0.29, 0.717) is 5.92 Å². The molecule has 4 nitrogen and oxygen atoms in total. The summed E-state index contributed by atoms with van der Waals surface area (Å²) in [5, 5.41) is 0. The van der Waals surface area contributed by atoms with Crippen molar-refractivity contribution in [3.8, 4) is 0 Å². The molecule has 3 N–H and O–H groups in total. The largest absolute Gasteiger partial charge is 0.398 e. The monoisotopic (exact) mass is 256 g/mol. The summed E-state index contributed by atoms with van der Waals surface area (Å²) in [4.78, 5) is 0.149. The van der Waals surface area contributed by atoms with E-state index in [1.54, 1.807) is 18.2 Å². The van der Waals surface area contributed by atoms with E-state index in [2.05, 4.69) is 18.6 Å². The molecule has 17 heavy (non-hydrogen) atoms. The first-order valence-electron chi connectivity index (χ1n) is 5.69. The van der Waals surface area contributed by atoms with E-state index in [4.69, 9.17) is 5.73 Å². The number of anilines is 1. The third kappa shape index (κ3) is 4.02. The number of nitrogen functional groups attached to an aromatic ring is 1. The summed E-state index contributed by atoms with van der Waals surface area (Å²) >= 11 is 0. The van der Waals surface area contributed by atoms with Gasteiger partial charge in [0.1, 0.15) is 4.90 Å². The molecule has 1 aromatic carbocycles. The summed E-state index contributed by atoms with van der Waals surface area (Å²) in [6.45, 7) is 5.97. The van der Waals surface area contributed by atoms with Gasteiger partial charge in [0.25, 0.3) is 0 Å². The SMILES string of the molecule is CC(C)CC(C)NS(=O)(=O)c1ccccc1N. The van der Waals surface area contributed by atoms with Gasteiger partial charge in [-0.25, -0.2) is 13.1 Å². The average molecular weight is 256 g/mol. The molecular formula is C12H20N2O2S. The Labute approximate surface area is 103 Å². The molecular weight excluding hydrogens is 236 g/mol. The number of rotatable bonds is 5. The summed E-state index contributed by atoms with van der Waals surface area (Å²) < 4.78 is 26.7. The zero-order valence-electron chi connectivity index (χ0n) is 10.5. The molecule has 1 atom stereocenters. The minimum Gasteiger partial charge on any atom is -0.398 e. The number of benzene rings is 1. The van der Waals surface area contributed by atoms with Crippen LogP contribution in [-0.2, 0) is 10.0 Å². The lowest BCUT2D eigenvalue weighted by Crippen LogP contribution is -2.33. The Balaban J connectivity index is 2.86. The Morgan fingerprint density at radius 3 is 2.35 bits per heavy atom. The van der Waals surface area contributed by atoms with E-state index in [1.165, 1.54) is 6.07 Å². The standard InChI is InChI=1S/C12H20N2O2S/c1-9(2)8-10(3)14-17(15,16)12-7-5-4-6-11(12)13/h4-7,9-10,14H,8,13H2,1-3H3. The van der Waals surface area contributed by atoms with Gasteiger partial charge in [-0.15, -0.1) is 0 Å². The lowest BCUT2D eigenvalue weighted by atomic mass is 10.1. The molecule has 0 aliphatic heterocycles. The van der Waals surface area contributed by atoms with Crippen LogP contribution in [0, 0.1) is 5.92 Å². The van der Waals surface area contributed by atoms with Crippen molar-refractivity contribution in [3.05, 3.63) is 24.3 Å². The Morgan fingerprint density at radius 1 is 1.24 bits per heavy atom. The van der Waals surface area contributed by atoms with Crippen LogP contribution in [0.5, 0.6) is 0 Å². The molecule has 1 rings (SSSR count). The third-order valence-corrected chi connectivity index (χ3v) is 4.05. The van der Waals surface area contributed by atoms with Gasteiger partial charge in [0.15, 0.2) is 0 Å². The molecule has 0 amide bonds. The number of para-hydroxylation sites is 1. The first kappa shape index (κ1) is 14.0. The second-order valence-electron chi connectivity index (χ2n) is 4.69.